The largest absolute Gasteiger partial charge is 1.00 e. The van der Waals surface area contributed by atoms with Crippen LogP contribution in [0.4, 0.5) is 0 Å². The lowest BCUT2D eigenvalue weighted by molar-refractivity contribution is -0.229. The van der Waals surface area contributed by atoms with Gasteiger partial charge in [0.15, 0.2) is 12.4 Å². The van der Waals surface area contributed by atoms with Crippen LogP contribution in [0.5, 0.6) is 0 Å². The molecule has 1 fully saturated rings. The number of aliphatic hydroxyl groups is 3. The van der Waals surface area contributed by atoms with E-state index in [2.05, 4.69) is 5.32 Å². The molecule has 0 bridgehead atoms. The van der Waals surface area contributed by atoms with Crippen LogP contribution in [0.1, 0.15) is 12.6 Å². The predicted molar refractivity (Wildman–Crippen MR) is 52.9 cm³/mol. The molecule has 0 aromatic rings. The van der Waals surface area contributed by atoms with Crippen LogP contribution >= 0.6 is 0 Å². The van der Waals surface area contributed by atoms with Crippen LogP contribution in [-0.4, -0.2) is 63.0 Å². The first-order valence-corrected chi connectivity index (χ1v) is 4.41. The first kappa shape index (κ1) is 12.1. The topological polar surface area (TPSA) is 120 Å². The van der Waals surface area contributed by atoms with Gasteiger partial charge in [-0.2, -0.15) is 0 Å². The Labute approximate surface area is 91.6 Å². The van der Waals surface area contributed by atoms with Gasteiger partial charge in [0.2, 0.25) is 5.91 Å². The minimum atomic E-state index is -1.49. The van der Waals surface area contributed by atoms with E-state index in [0.717, 1.165) is 0 Å². The van der Waals surface area contributed by atoms with Gasteiger partial charge in [0.25, 0.3) is 0 Å². The minimum Gasteiger partial charge on any atom is -0.388 e. The Kier molecular flexibility index (Phi) is 3.75. The summed E-state index contributed by atoms with van der Waals surface area (Å²) in [6.45, 7) is 1.20. The van der Waals surface area contributed by atoms with Crippen molar-refractivity contribution < 1.29 is 35.4 Å². The number of hydrogen-bond donors (Lipinski definition) is 4. The number of amides is 1. The van der Waals surface area contributed by atoms with Crippen molar-refractivity contribution in [3.05, 3.63) is 0 Å². The zero-order valence-electron chi connectivity index (χ0n) is 12.1. The highest BCUT2D eigenvalue weighted by molar-refractivity contribution is 5.73. The zero-order valence-corrected chi connectivity index (χ0v) is 8.07. The van der Waals surface area contributed by atoms with E-state index in [1.165, 1.54) is 6.92 Å². The second kappa shape index (κ2) is 4.67. The predicted octanol–water partition coefficient (Wildman–Crippen LogP) is -2.45. The molecule has 7 heteroatoms. The minimum absolute atomic E-state index is 0. The average molecular weight is 224 g/mol. The van der Waals surface area contributed by atoms with Crippen molar-refractivity contribution in [3.8, 4) is 0 Å². The van der Waals surface area contributed by atoms with Gasteiger partial charge in [-0.15, -0.1) is 0 Å². The van der Waals surface area contributed by atoms with Crippen molar-refractivity contribution in [3.63, 3.8) is 0 Å². The molecule has 1 amide bonds. The Morgan fingerprint density at radius 1 is 1.47 bits per heavy atom. The van der Waals surface area contributed by atoms with Gasteiger partial charge >= 0.3 is 12.0 Å². The molecule has 86 valence electrons. The molecule has 0 unspecified atom stereocenters. The van der Waals surface area contributed by atoms with Crippen LogP contribution in [0.25, 0.3) is 0 Å². The molecule has 0 spiro atoms. The molecular formula is C8H18NO6+5. The van der Waals surface area contributed by atoms with Crippen LogP contribution in [0, 0.1) is 0 Å². The maximum Gasteiger partial charge on any atom is 1.00 e. The molecule has 1 saturated heterocycles. The normalized spacial score (nSPS) is 40.9. The van der Waals surface area contributed by atoms with Gasteiger partial charge in [-0.25, -0.2) is 0 Å². The number of rotatable bonds is 2. The number of hydrogen-bond acceptors (Lipinski definition) is 5. The molecule has 0 aromatic heterocycles. The van der Waals surface area contributed by atoms with Crippen molar-refractivity contribution >= 4 is 12.2 Å². The molecule has 0 saturated carbocycles. The first-order valence-electron chi connectivity index (χ1n) is 4.41. The number of ether oxygens (including phenoxy) is 1. The Balaban J connectivity index is -0.000000281. The van der Waals surface area contributed by atoms with Crippen LogP contribution < -0.4 is 5.32 Å². The molecular weight excluding hydrogens is 206 g/mol. The average Bonchev–Trinajstić information content (AvgIpc) is 2.18. The molecule has 5 N–H and O–H groups in total. The summed E-state index contributed by atoms with van der Waals surface area (Å²) in [4.78, 5) is 19.4. The monoisotopic (exact) mass is 224 g/mol. The fraction of sp³-hybridized carbons (Fsp3) is 0.750. The molecule has 1 aliphatic heterocycles. The van der Waals surface area contributed by atoms with Gasteiger partial charge in [0.1, 0.15) is 18.2 Å². The summed E-state index contributed by atoms with van der Waals surface area (Å²) in [7, 11) is 0. The summed E-state index contributed by atoms with van der Waals surface area (Å²) in [5.41, 5.74) is 0. The summed E-state index contributed by atoms with van der Waals surface area (Å²) in [6, 6.07) is -1.12. The standard InChI is InChI=1S/C8H13NO6/c1-3(11)9-5-7(13)6(12)4(2-10)15-8(5)14/h2,4-8,12-14H,1H3,(H,9,11)/p+5/t4-,5-,6-,7-,8-/m1/s1. The highest BCUT2D eigenvalue weighted by Crippen LogP contribution is 2.18. The highest BCUT2D eigenvalue weighted by atomic mass is 16.6. The smallest absolute Gasteiger partial charge is 0.388 e. The van der Waals surface area contributed by atoms with E-state index in [4.69, 9.17) is 9.53 Å². The zero-order chi connectivity index (χ0) is 11.6. The van der Waals surface area contributed by atoms with Gasteiger partial charge in [0, 0.05) is 6.92 Å². The fourth-order valence-corrected chi connectivity index (χ4v) is 1.42. The summed E-state index contributed by atoms with van der Waals surface area (Å²) in [6.07, 6.45) is -4.96. The van der Waals surface area contributed by atoms with E-state index in [9.17, 15) is 20.1 Å². The molecule has 7 nitrogen and oxygen atoms in total. The Morgan fingerprint density at radius 2 is 2.07 bits per heavy atom. The van der Waals surface area contributed by atoms with Gasteiger partial charge in [-0.1, -0.05) is 0 Å². The van der Waals surface area contributed by atoms with E-state index in [1.807, 2.05) is 0 Å². The van der Waals surface area contributed by atoms with Crippen LogP contribution in [-0.2, 0) is 9.53 Å². The Hall–Kier alpha value is -1.02. The third-order valence-electron chi connectivity index (χ3n) is 2.18. The molecule has 5 atom stereocenters. The third-order valence-corrected chi connectivity index (χ3v) is 2.18. The lowest BCUT2D eigenvalue weighted by Crippen LogP contribution is -2.63. The van der Waals surface area contributed by atoms with Crippen LogP contribution in [0.15, 0.2) is 0 Å². The van der Waals surface area contributed by atoms with Crippen molar-refractivity contribution in [2.24, 2.45) is 0 Å². The van der Waals surface area contributed by atoms with E-state index in [0.29, 0.717) is 6.29 Å². The van der Waals surface area contributed by atoms with Crippen molar-refractivity contribution in [1.29, 1.82) is 0 Å². The summed E-state index contributed by atoms with van der Waals surface area (Å²) >= 11 is 0. The number of aliphatic hydroxyl groups excluding tert-OH is 3. The molecule has 1 rings (SSSR count). The van der Waals surface area contributed by atoms with Gasteiger partial charge in [-0.05, 0) is 0 Å². The first-order chi connectivity index (χ1) is 6.97. The number of carbonyl (C=O) groups is 1. The molecule has 1 heterocycles. The number of nitrogens with one attached hydrogen (secondary N) is 1. The fourth-order valence-electron chi connectivity index (χ4n) is 1.42. The van der Waals surface area contributed by atoms with E-state index in [-0.39, 0.29) is 5.71 Å². The summed E-state index contributed by atoms with van der Waals surface area (Å²) in [5.74, 6) is -0.472. The molecule has 15 heavy (non-hydrogen) atoms. The van der Waals surface area contributed by atoms with Crippen LogP contribution in [0.2, 0.25) is 0 Å². The summed E-state index contributed by atoms with van der Waals surface area (Å²) < 4.78 is 4.76. The van der Waals surface area contributed by atoms with Gasteiger partial charge in [0.05, 0.1) is 0 Å². The van der Waals surface area contributed by atoms with Crippen molar-refractivity contribution in [1.82, 2.24) is 5.32 Å². The van der Waals surface area contributed by atoms with Gasteiger partial charge in [-0.3, -0.25) is 9.59 Å². The maximum atomic E-state index is 10.7. The highest BCUT2D eigenvalue weighted by Gasteiger charge is 2.45. The molecule has 0 aliphatic carbocycles. The van der Waals surface area contributed by atoms with E-state index < -0.39 is 36.6 Å². The second-order valence-electron chi connectivity index (χ2n) is 3.35. The summed E-state index contributed by atoms with van der Waals surface area (Å²) in [5, 5.41) is 30.5. The maximum absolute atomic E-state index is 10.7. The van der Waals surface area contributed by atoms with Crippen molar-refractivity contribution in [2.45, 2.75) is 37.6 Å². The number of aldehydes is 1. The molecule has 0 radical (unpaired) electrons. The SMILES string of the molecule is CC(=O)N[C@@H]1[C@@H](O)[C@H](O)[C@@H](C=[OH+])O[C@H]1O.[H+].[H+].[H+].[H+]. The lowest BCUT2D eigenvalue weighted by atomic mass is 9.97. The van der Waals surface area contributed by atoms with E-state index >= 15 is 0 Å². The molecule has 0 aromatic carbocycles. The Morgan fingerprint density at radius 3 is 2.53 bits per heavy atom. The lowest BCUT2D eigenvalue weighted by Gasteiger charge is -2.37. The Bertz CT molecular complexity index is 272. The number of carbonyl (C=O) groups excluding carboxylic acids is 2. The second-order valence-corrected chi connectivity index (χ2v) is 3.35. The van der Waals surface area contributed by atoms with Crippen molar-refractivity contribution in [2.75, 3.05) is 0 Å². The quantitative estimate of drug-likeness (QED) is 0.306. The third kappa shape index (κ3) is 2.51. The molecule has 1 aliphatic rings. The van der Waals surface area contributed by atoms with E-state index in [1.54, 1.807) is 0 Å². The van der Waals surface area contributed by atoms with Gasteiger partial charge < -0.3 is 25.4 Å². The van der Waals surface area contributed by atoms with Crippen LogP contribution in [0.3, 0.4) is 0 Å².